The Kier molecular flexibility index (Phi) is 4.29. The number of hydrogen-bond acceptors (Lipinski definition) is 3. The average Bonchev–Trinajstić information content (AvgIpc) is 3.32. The summed E-state index contributed by atoms with van der Waals surface area (Å²) in [6, 6.07) is 22.1. The number of aromatic nitrogens is 1. The van der Waals surface area contributed by atoms with Crippen LogP contribution in [-0.4, -0.2) is 34.6 Å². The number of aliphatic hydroxyl groups is 1. The van der Waals surface area contributed by atoms with Gasteiger partial charge in [0.1, 0.15) is 0 Å². The lowest BCUT2D eigenvalue weighted by molar-refractivity contribution is 0.0538. The van der Waals surface area contributed by atoms with Gasteiger partial charge in [0.2, 0.25) is 0 Å². The molecular formula is C27H28N2O. The Bertz CT molecular complexity index is 1010. The fourth-order valence-electron chi connectivity index (χ4n) is 6.44. The zero-order valence-electron chi connectivity index (χ0n) is 17.2. The molecule has 2 aliphatic carbocycles. The van der Waals surface area contributed by atoms with Gasteiger partial charge in [-0.25, -0.2) is 0 Å². The van der Waals surface area contributed by atoms with E-state index in [0.29, 0.717) is 11.8 Å². The Morgan fingerprint density at radius 1 is 0.933 bits per heavy atom. The van der Waals surface area contributed by atoms with Crippen molar-refractivity contribution in [2.45, 2.75) is 36.7 Å². The lowest BCUT2D eigenvalue weighted by Crippen LogP contribution is -2.44. The van der Waals surface area contributed by atoms with Crippen LogP contribution in [0.25, 0.3) is 0 Å². The lowest BCUT2D eigenvalue weighted by atomic mass is 9.74. The van der Waals surface area contributed by atoms with Gasteiger partial charge in [0.15, 0.2) is 0 Å². The molecule has 3 nitrogen and oxygen atoms in total. The summed E-state index contributed by atoms with van der Waals surface area (Å²) in [6.07, 6.45) is 6.47. The quantitative estimate of drug-likeness (QED) is 0.697. The van der Waals surface area contributed by atoms with Crippen LogP contribution >= 0.6 is 0 Å². The summed E-state index contributed by atoms with van der Waals surface area (Å²) in [4.78, 5) is 6.83. The van der Waals surface area contributed by atoms with Crippen LogP contribution in [0.1, 0.15) is 59.1 Å². The second-order valence-corrected chi connectivity index (χ2v) is 9.36. The smallest absolute Gasteiger partial charge is 0.0833 e. The van der Waals surface area contributed by atoms with Crippen LogP contribution in [0, 0.1) is 5.92 Å². The summed E-state index contributed by atoms with van der Waals surface area (Å²) in [5.74, 6) is 0.879. The summed E-state index contributed by atoms with van der Waals surface area (Å²) < 4.78 is 0. The maximum absolute atomic E-state index is 10.8. The van der Waals surface area contributed by atoms with Gasteiger partial charge in [0.25, 0.3) is 0 Å². The van der Waals surface area contributed by atoms with Gasteiger partial charge in [0, 0.05) is 30.3 Å². The molecule has 1 saturated heterocycles. The summed E-state index contributed by atoms with van der Waals surface area (Å²) in [7, 11) is 0. The zero-order valence-corrected chi connectivity index (χ0v) is 17.2. The predicted octanol–water partition coefficient (Wildman–Crippen LogP) is 4.66. The van der Waals surface area contributed by atoms with Crippen LogP contribution in [0.2, 0.25) is 0 Å². The molecule has 2 heterocycles. The molecule has 3 aliphatic rings. The van der Waals surface area contributed by atoms with Crippen molar-refractivity contribution in [1.29, 1.82) is 0 Å². The Morgan fingerprint density at radius 2 is 1.60 bits per heavy atom. The summed E-state index contributed by atoms with van der Waals surface area (Å²) in [6.45, 7) is 3.20. The van der Waals surface area contributed by atoms with Crippen LogP contribution in [-0.2, 0) is 5.41 Å². The Morgan fingerprint density at radius 3 is 2.23 bits per heavy atom. The minimum absolute atomic E-state index is 0.132. The molecule has 152 valence electrons. The molecular weight excluding hydrogens is 368 g/mol. The van der Waals surface area contributed by atoms with Gasteiger partial charge < -0.3 is 10.0 Å². The normalized spacial score (nSPS) is 26.4. The molecule has 30 heavy (non-hydrogen) atoms. The molecule has 6 rings (SSSR count). The molecule has 0 amide bonds. The first kappa shape index (κ1) is 18.3. The Balaban J connectivity index is 1.23. The van der Waals surface area contributed by atoms with E-state index in [-0.39, 0.29) is 5.41 Å². The van der Waals surface area contributed by atoms with E-state index in [4.69, 9.17) is 0 Å². The van der Waals surface area contributed by atoms with Crippen molar-refractivity contribution in [1.82, 2.24) is 9.88 Å². The number of rotatable bonds is 4. The molecule has 1 unspecified atom stereocenters. The molecule has 1 aromatic heterocycles. The zero-order chi connectivity index (χ0) is 20.1. The van der Waals surface area contributed by atoms with E-state index < -0.39 is 6.10 Å². The highest BCUT2D eigenvalue weighted by atomic mass is 16.3. The molecule has 1 fully saturated rings. The summed E-state index contributed by atoms with van der Waals surface area (Å²) in [5.41, 5.74) is 7.26. The van der Waals surface area contributed by atoms with Crippen molar-refractivity contribution in [3.8, 4) is 0 Å². The third-order valence-electron chi connectivity index (χ3n) is 7.85. The number of benzene rings is 2. The first-order chi connectivity index (χ1) is 14.8. The topological polar surface area (TPSA) is 36.4 Å². The average molecular weight is 397 g/mol. The molecule has 1 aliphatic heterocycles. The Labute approximate surface area is 178 Å². The first-order valence-corrected chi connectivity index (χ1v) is 11.3. The SMILES string of the molecule is OC(c1cccnc1)C1CCN(CC23CC(c4ccccc42)c2ccccc23)CC1. The van der Waals surface area contributed by atoms with Gasteiger partial charge in [0.05, 0.1) is 6.10 Å². The van der Waals surface area contributed by atoms with Gasteiger partial charge in [-0.2, -0.15) is 0 Å². The number of pyridine rings is 1. The van der Waals surface area contributed by atoms with Crippen LogP contribution in [0.4, 0.5) is 0 Å². The second kappa shape index (κ2) is 7.04. The monoisotopic (exact) mass is 396 g/mol. The van der Waals surface area contributed by atoms with E-state index in [9.17, 15) is 5.11 Å². The second-order valence-electron chi connectivity index (χ2n) is 9.36. The van der Waals surface area contributed by atoms with Gasteiger partial charge in [-0.05, 0) is 72.2 Å². The molecule has 1 atom stereocenters. The lowest BCUT2D eigenvalue weighted by Gasteiger charge is -2.40. The summed E-state index contributed by atoms with van der Waals surface area (Å²) >= 11 is 0. The minimum atomic E-state index is -0.400. The van der Waals surface area contributed by atoms with Crippen LogP contribution in [0.3, 0.4) is 0 Å². The van der Waals surface area contributed by atoms with E-state index in [1.165, 1.54) is 17.5 Å². The number of piperidine rings is 1. The van der Waals surface area contributed by atoms with Crippen molar-refractivity contribution < 1.29 is 5.11 Å². The van der Waals surface area contributed by atoms with E-state index in [1.807, 2.05) is 12.1 Å². The fraction of sp³-hybridized carbons (Fsp3) is 0.370. The molecule has 2 bridgehead atoms. The first-order valence-electron chi connectivity index (χ1n) is 11.3. The van der Waals surface area contributed by atoms with E-state index in [0.717, 1.165) is 38.0 Å². The minimum Gasteiger partial charge on any atom is -0.388 e. The third kappa shape index (κ3) is 2.69. The maximum atomic E-state index is 10.8. The van der Waals surface area contributed by atoms with Gasteiger partial charge >= 0.3 is 0 Å². The van der Waals surface area contributed by atoms with Crippen molar-refractivity contribution in [3.05, 3.63) is 101 Å². The van der Waals surface area contributed by atoms with E-state index >= 15 is 0 Å². The van der Waals surface area contributed by atoms with E-state index in [1.54, 1.807) is 23.5 Å². The summed E-state index contributed by atoms with van der Waals surface area (Å²) in [5, 5.41) is 10.8. The molecule has 1 N–H and O–H groups in total. The molecule has 0 spiro atoms. The van der Waals surface area contributed by atoms with Crippen molar-refractivity contribution in [2.75, 3.05) is 19.6 Å². The Hall–Kier alpha value is -2.49. The largest absolute Gasteiger partial charge is 0.388 e. The highest BCUT2D eigenvalue weighted by Gasteiger charge is 2.53. The fourth-order valence-corrected chi connectivity index (χ4v) is 6.44. The predicted molar refractivity (Wildman–Crippen MR) is 118 cm³/mol. The van der Waals surface area contributed by atoms with Gasteiger partial charge in [-0.1, -0.05) is 54.6 Å². The van der Waals surface area contributed by atoms with Crippen LogP contribution in [0.5, 0.6) is 0 Å². The van der Waals surface area contributed by atoms with E-state index in [2.05, 4.69) is 58.4 Å². The molecule has 3 heteroatoms. The standard InChI is InChI=1S/C27H28N2O/c30-26(20-6-5-13-28-17-20)19-11-14-29(15-12-19)18-27-16-23(21-7-1-3-9-24(21)27)22-8-2-4-10-25(22)27/h1-10,13,17,19,23,26,30H,11-12,14-16,18H2. The van der Waals surface area contributed by atoms with Gasteiger partial charge in [-0.3, -0.25) is 4.98 Å². The van der Waals surface area contributed by atoms with Gasteiger partial charge in [-0.15, -0.1) is 0 Å². The molecule has 2 aromatic carbocycles. The number of likely N-dealkylation sites (tertiary alicyclic amines) is 1. The number of hydrogen-bond donors (Lipinski definition) is 1. The van der Waals surface area contributed by atoms with Crippen LogP contribution < -0.4 is 0 Å². The van der Waals surface area contributed by atoms with Crippen LogP contribution in [0.15, 0.2) is 73.1 Å². The number of aliphatic hydroxyl groups excluding tert-OH is 1. The molecule has 0 saturated carbocycles. The van der Waals surface area contributed by atoms with Crippen molar-refractivity contribution in [3.63, 3.8) is 0 Å². The number of fused-ring (bicyclic) bond motifs is 8. The van der Waals surface area contributed by atoms with Crippen molar-refractivity contribution in [2.24, 2.45) is 5.92 Å². The molecule has 0 radical (unpaired) electrons. The molecule has 3 aromatic rings. The maximum Gasteiger partial charge on any atom is 0.0833 e. The highest BCUT2D eigenvalue weighted by Crippen LogP contribution is 2.60. The van der Waals surface area contributed by atoms with Crippen molar-refractivity contribution >= 4 is 0 Å². The third-order valence-corrected chi connectivity index (χ3v) is 7.85. The highest BCUT2D eigenvalue weighted by molar-refractivity contribution is 5.62. The number of nitrogens with zero attached hydrogens (tertiary/aromatic N) is 2.